The van der Waals surface area contributed by atoms with Gasteiger partial charge in [-0.25, -0.2) is 4.79 Å². The molecule has 0 atom stereocenters. The van der Waals surface area contributed by atoms with E-state index < -0.39 is 5.97 Å². The third-order valence-corrected chi connectivity index (χ3v) is 4.64. The van der Waals surface area contributed by atoms with Crippen molar-refractivity contribution in [2.45, 2.75) is 32.6 Å². The van der Waals surface area contributed by atoms with E-state index in [0.717, 1.165) is 10.2 Å². The molecule has 2 rings (SSSR count). The maximum absolute atomic E-state index is 12.0. The molecule has 0 aromatic heterocycles. The molecule has 2 aromatic carbocycles. The molecule has 27 heavy (non-hydrogen) atoms. The molecule has 0 aliphatic rings. The number of halogens is 1. The van der Waals surface area contributed by atoms with Gasteiger partial charge >= 0.3 is 5.97 Å². The third-order valence-electron chi connectivity index (χ3n) is 4.02. The summed E-state index contributed by atoms with van der Waals surface area (Å²) in [5.41, 5.74) is 2.32. The van der Waals surface area contributed by atoms with Crippen molar-refractivity contribution in [3.05, 3.63) is 58.1 Å². The van der Waals surface area contributed by atoms with Gasteiger partial charge in [0, 0.05) is 12.1 Å². The summed E-state index contributed by atoms with van der Waals surface area (Å²) in [6.45, 7) is 4.74. The van der Waals surface area contributed by atoms with Crippen molar-refractivity contribution in [3.63, 3.8) is 0 Å². The molecule has 0 aliphatic carbocycles. The Labute approximate surface area is 168 Å². The Balaban J connectivity index is 1.75. The lowest BCUT2D eigenvalue weighted by Gasteiger charge is -2.11. The number of hydrogen-bond donors (Lipinski definition) is 1. The first kappa shape index (κ1) is 21.0. The van der Waals surface area contributed by atoms with Gasteiger partial charge in [-0.15, -0.1) is 0 Å². The van der Waals surface area contributed by atoms with Crippen molar-refractivity contribution in [1.82, 2.24) is 0 Å². The monoisotopic (exact) mass is 433 g/mol. The Kier molecular flexibility index (Phi) is 7.85. The first-order valence-corrected chi connectivity index (χ1v) is 9.60. The first-order valence-electron chi connectivity index (χ1n) is 8.81. The lowest BCUT2D eigenvalue weighted by Crippen LogP contribution is -2.13. The predicted molar refractivity (Wildman–Crippen MR) is 109 cm³/mol. The van der Waals surface area contributed by atoms with Gasteiger partial charge < -0.3 is 14.8 Å². The van der Waals surface area contributed by atoms with Crippen LogP contribution in [0.15, 0.2) is 46.9 Å². The standard InChI is InChI=1S/C21H24BrNO4/c1-14(2)16-8-11-19(18(22)13-16)27-12-4-5-20(24)23-17-9-6-15(7-10-17)21(25)26-3/h6-11,13-14H,4-5,12H2,1-3H3,(H,23,24). The topological polar surface area (TPSA) is 64.6 Å². The van der Waals surface area contributed by atoms with Crippen LogP contribution in [0.5, 0.6) is 5.75 Å². The highest BCUT2D eigenvalue weighted by molar-refractivity contribution is 9.10. The molecule has 1 amide bonds. The Morgan fingerprint density at radius 1 is 1.11 bits per heavy atom. The van der Waals surface area contributed by atoms with Crippen LogP contribution in [-0.2, 0) is 9.53 Å². The smallest absolute Gasteiger partial charge is 0.337 e. The lowest BCUT2D eigenvalue weighted by molar-refractivity contribution is -0.116. The van der Waals surface area contributed by atoms with Gasteiger partial charge in [-0.3, -0.25) is 4.79 Å². The van der Waals surface area contributed by atoms with Gasteiger partial charge in [0.15, 0.2) is 0 Å². The van der Waals surface area contributed by atoms with E-state index in [1.165, 1.54) is 12.7 Å². The number of anilines is 1. The minimum atomic E-state index is -0.405. The van der Waals surface area contributed by atoms with Crippen molar-refractivity contribution >= 4 is 33.5 Å². The average molecular weight is 434 g/mol. The van der Waals surface area contributed by atoms with E-state index in [1.807, 2.05) is 6.07 Å². The molecule has 1 N–H and O–H groups in total. The number of benzene rings is 2. The zero-order chi connectivity index (χ0) is 19.8. The molecule has 0 saturated carbocycles. The fraction of sp³-hybridized carbons (Fsp3) is 0.333. The minimum Gasteiger partial charge on any atom is -0.492 e. The summed E-state index contributed by atoms with van der Waals surface area (Å²) in [5, 5.41) is 2.80. The molecule has 0 spiro atoms. The van der Waals surface area contributed by atoms with Gasteiger partial charge in [-0.2, -0.15) is 0 Å². The van der Waals surface area contributed by atoms with Crippen LogP contribution in [0.1, 0.15) is 48.5 Å². The fourth-order valence-corrected chi connectivity index (χ4v) is 2.95. The summed E-state index contributed by atoms with van der Waals surface area (Å²) in [4.78, 5) is 23.4. The Hall–Kier alpha value is -2.34. The predicted octanol–water partition coefficient (Wildman–Crippen LogP) is 5.16. The van der Waals surface area contributed by atoms with Crippen molar-refractivity contribution in [2.75, 3.05) is 19.0 Å². The number of carbonyl (C=O) groups excluding carboxylic acids is 2. The molecule has 0 fully saturated rings. The molecule has 2 aromatic rings. The average Bonchev–Trinajstić information content (AvgIpc) is 2.66. The van der Waals surface area contributed by atoms with Crippen molar-refractivity contribution in [1.29, 1.82) is 0 Å². The van der Waals surface area contributed by atoms with Gasteiger partial charge in [-0.1, -0.05) is 19.9 Å². The quantitative estimate of drug-likeness (QED) is 0.461. The highest BCUT2D eigenvalue weighted by atomic mass is 79.9. The summed E-state index contributed by atoms with van der Waals surface area (Å²) in [5.74, 6) is 0.732. The van der Waals surface area contributed by atoms with E-state index in [1.54, 1.807) is 24.3 Å². The maximum atomic E-state index is 12.0. The first-order chi connectivity index (χ1) is 12.9. The van der Waals surface area contributed by atoms with Crippen molar-refractivity contribution in [2.24, 2.45) is 0 Å². The van der Waals surface area contributed by atoms with E-state index in [4.69, 9.17) is 4.74 Å². The fourth-order valence-electron chi connectivity index (χ4n) is 2.44. The van der Waals surface area contributed by atoms with Gasteiger partial charge in [0.1, 0.15) is 5.75 Å². The molecular weight excluding hydrogens is 410 g/mol. The second kappa shape index (κ2) is 10.1. The summed E-state index contributed by atoms with van der Waals surface area (Å²) in [7, 11) is 1.33. The number of hydrogen-bond acceptors (Lipinski definition) is 4. The summed E-state index contributed by atoms with van der Waals surface area (Å²) < 4.78 is 11.3. The largest absolute Gasteiger partial charge is 0.492 e. The van der Waals surface area contributed by atoms with Crippen LogP contribution in [0, 0.1) is 0 Å². The molecule has 0 bridgehead atoms. The molecule has 0 heterocycles. The molecule has 144 valence electrons. The van der Waals surface area contributed by atoms with Crippen LogP contribution in [0.4, 0.5) is 5.69 Å². The highest BCUT2D eigenvalue weighted by Crippen LogP contribution is 2.29. The molecule has 0 aliphatic heterocycles. The van der Waals surface area contributed by atoms with E-state index in [0.29, 0.717) is 36.6 Å². The molecular formula is C21H24BrNO4. The maximum Gasteiger partial charge on any atom is 0.337 e. The van der Waals surface area contributed by atoms with Crippen molar-refractivity contribution < 1.29 is 19.1 Å². The van der Waals surface area contributed by atoms with Gasteiger partial charge in [-0.05, 0) is 70.2 Å². The summed E-state index contributed by atoms with van der Waals surface area (Å²) >= 11 is 3.52. The van der Waals surface area contributed by atoms with Crippen LogP contribution in [-0.4, -0.2) is 25.6 Å². The van der Waals surface area contributed by atoms with Gasteiger partial charge in [0.05, 0.1) is 23.8 Å². The van der Waals surface area contributed by atoms with E-state index in [2.05, 4.69) is 52.0 Å². The highest BCUT2D eigenvalue weighted by Gasteiger charge is 2.08. The van der Waals surface area contributed by atoms with Crippen LogP contribution in [0.2, 0.25) is 0 Å². The van der Waals surface area contributed by atoms with Gasteiger partial charge in [0.2, 0.25) is 5.91 Å². The number of carbonyl (C=O) groups is 2. The van der Waals surface area contributed by atoms with Gasteiger partial charge in [0.25, 0.3) is 0 Å². The zero-order valence-corrected chi connectivity index (χ0v) is 17.3. The number of esters is 1. The number of rotatable bonds is 8. The van der Waals surface area contributed by atoms with E-state index in [9.17, 15) is 9.59 Å². The molecule has 0 saturated heterocycles. The van der Waals surface area contributed by atoms with Crippen LogP contribution < -0.4 is 10.1 Å². The number of amides is 1. The zero-order valence-electron chi connectivity index (χ0n) is 15.8. The van der Waals surface area contributed by atoms with E-state index >= 15 is 0 Å². The number of nitrogens with one attached hydrogen (secondary N) is 1. The number of ether oxygens (including phenoxy) is 2. The second-order valence-electron chi connectivity index (χ2n) is 6.41. The van der Waals surface area contributed by atoms with Crippen LogP contribution in [0.25, 0.3) is 0 Å². The van der Waals surface area contributed by atoms with Crippen LogP contribution in [0.3, 0.4) is 0 Å². The Morgan fingerprint density at radius 3 is 2.41 bits per heavy atom. The van der Waals surface area contributed by atoms with Crippen LogP contribution >= 0.6 is 15.9 Å². The van der Waals surface area contributed by atoms with E-state index in [-0.39, 0.29) is 5.91 Å². The minimum absolute atomic E-state index is 0.0985. The summed E-state index contributed by atoms with van der Waals surface area (Å²) in [6.07, 6.45) is 0.949. The molecule has 5 nitrogen and oxygen atoms in total. The normalized spacial score (nSPS) is 10.6. The SMILES string of the molecule is COC(=O)c1ccc(NC(=O)CCCOc2ccc(C(C)C)cc2Br)cc1. The summed E-state index contributed by atoms with van der Waals surface area (Å²) in [6, 6.07) is 12.6. The van der Waals surface area contributed by atoms with Crippen molar-refractivity contribution in [3.8, 4) is 5.75 Å². The second-order valence-corrected chi connectivity index (χ2v) is 7.27. The lowest BCUT2D eigenvalue weighted by atomic mass is 10.0. The molecule has 0 radical (unpaired) electrons. The Morgan fingerprint density at radius 2 is 1.81 bits per heavy atom. The molecule has 6 heteroatoms. The Bertz CT molecular complexity index is 787. The third kappa shape index (κ3) is 6.40. The molecule has 0 unspecified atom stereocenters. The number of methoxy groups -OCH3 is 1.